The Labute approximate surface area is 165 Å². The molecule has 0 heterocycles. The second kappa shape index (κ2) is 9.72. The maximum Gasteiger partial charge on any atom is 0.329 e. The number of halogens is 3. The van der Waals surface area contributed by atoms with Gasteiger partial charge < -0.3 is 15.4 Å². The van der Waals surface area contributed by atoms with Crippen LogP contribution in [0.2, 0.25) is 0 Å². The first-order chi connectivity index (χ1) is 13.7. The Balaban J connectivity index is 1.95. The minimum Gasteiger partial charge on any atom is -0.454 e. The van der Waals surface area contributed by atoms with Crippen LogP contribution < -0.4 is 10.6 Å². The number of anilines is 1. The molecule has 0 radical (unpaired) electrons. The summed E-state index contributed by atoms with van der Waals surface area (Å²) in [7, 11) is 0. The molecule has 0 bridgehead atoms. The highest BCUT2D eigenvalue weighted by Gasteiger charge is 2.27. The Morgan fingerprint density at radius 2 is 1.59 bits per heavy atom. The number of amides is 2. The van der Waals surface area contributed by atoms with E-state index in [0.717, 1.165) is 30.3 Å². The minimum absolute atomic E-state index is 0.143. The number of hydrogen-bond acceptors (Lipinski definition) is 4. The smallest absolute Gasteiger partial charge is 0.329 e. The quantitative estimate of drug-likeness (QED) is 0.690. The number of nitrogens with one attached hydrogen (secondary N) is 2. The molecule has 2 aromatic rings. The van der Waals surface area contributed by atoms with Crippen LogP contribution >= 0.6 is 0 Å². The first-order valence-corrected chi connectivity index (χ1v) is 8.65. The molecule has 0 saturated carbocycles. The summed E-state index contributed by atoms with van der Waals surface area (Å²) in [5.74, 6) is -4.87. The van der Waals surface area contributed by atoms with Gasteiger partial charge in [-0.1, -0.05) is 13.8 Å². The number of benzene rings is 2. The van der Waals surface area contributed by atoms with E-state index in [1.165, 1.54) is 12.1 Å². The van der Waals surface area contributed by atoms with Crippen molar-refractivity contribution in [1.82, 2.24) is 5.32 Å². The standard InChI is InChI=1S/C20H19F3N2O4/c1-11(2)18(25-19(27)12-3-5-13(21)6-4-12)20(28)29-10-17(26)24-16-9-14(22)7-8-15(16)23/h3-9,11,18H,10H2,1-2H3,(H,24,26)(H,25,27)/t18-/m0/s1. The lowest BCUT2D eigenvalue weighted by molar-refractivity contribution is -0.150. The van der Waals surface area contributed by atoms with Crippen LogP contribution in [0.5, 0.6) is 0 Å². The largest absolute Gasteiger partial charge is 0.454 e. The van der Waals surface area contributed by atoms with Crippen molar-refractivity contribution in [2.24, 2.45) is 5.92 Å². The third-order valence-electron chi connectivity index (χ3n) is 3.86. The highest BCUT2D eigenvalue weighted by Crippen LogP contribution is 2.15. The van der Waals surface area contributed by atoms with E-state index in [9.17, 15) is 27.6 Å². The van der Waals surface area contributed by atoms with Gasteiger partial charge in [0, 0.05) is 11.6 Å². The van der Waals surface area contributed by atoms with Crippen LogP contribution in [-0.4, -0.2) is 30.4 Å². The van der Waals surface area contributed by atoms with E-state index >= 15 is 0 Å². The van der Waals surface area contributed by atoms with Gasteiger partial charge in [0.2, 0.25) is 0 Å². The molecule has 29 heavy (non-hydrogen) atoms. The maximum atomic E-state index is 13.5. The first-order valence-electron chi connectivity index (χ1n) is 8.65. The zero-order chi connectivity index (χ0) is 21.6. The fraction of sp³-hybridized carbons (Fsp3) is 0.250. The van der Waals surface area contributed by atoms with Gasteiger partial charge in [-0.15, -0.1) is 0 Å². The average molecular weight is 408 g/mol. The molecule has 0 unspecified atom stereocenters. The van der Waals surface area contributed by atoms with Gasteiger partial charge in [0.1, 0.15) is 23.5 Å². The average Bonchev–Trinajstić information content (AvgIpc) is 2.67. The molecule has 0 saturated heterocycles. The molecule has 0 spiro atoms. The lowest BCUT2D eigenvalue weighted by atomic mass is 10.0. The van der Waals surface area contributed by atoms with Crippen LogP contribution in [0.15, 0.2) is 42.5 Å². The zero-order valence-electron chi connectivity index (χ0n) is 15.7. The molecule has 9 heteroatoms. The minimum atomic E-state index is -1.08. The lowest BCUT2D eigenvalue weighted by Gasteiger charge is -2.20. The van der Waals surface area contributed by atoms with Crippen molar-refractivity contribution < 1.29 is 32.3 Å². The van der Waals surface area contributed by atoms with Gasteiger partial charge in [-0.05, 0) is 42.3 Å². The summed E-state index contributed by atoms with van der Waals surface area (Å²) in [6.45, 7) is 2.54. The monoisotopic (exact) mass is 408 g/mol. The van der Waals surface area contributed by atoms with Crippen LogP contribution in [0.25, 0.3) is 0 Å². The number of carbonyl (C=O) groups is 3. The molecular formula is C20H19F3N2O4. The van der Waals surface area contributed by atoms with Crippen LogP contribution in [0, 0.1) is 23.4 Å². The molecule has 6 nitrogen and oxygen atoms in total. The normalized spacial score (nSPS) is 11.7. The van der Waals surface area contributed by atoms with Crippen LogP contribution in [-0.2, 0) is 14.3 Å². The van der Waals surface area contributed by atoms with Crippen LogP contribution in [0.1, 0.15) is 24.2 Å². The summed E-state index contributed by atoms with van der Waals surface area (Å²) < 4.78 is 44.5. The Morgan fingerprint density at radius 1 is 0.966 bits per heavy atom. The fourth-order valence-electron chi connectivity index (χ4n) is 2.33. The van der Waals surface area contributed by atoms with E-state index in [2.05, 4.69) is 10.6 Å². The molecule has 0 aliphatic carbocycles. The summed E-state index contributed by atoms with van der Waals surface area (Å²) in [4.78, 5) is 36.3. The topological polar surface area (TPSA) is 84.5 Å². The van der Waals surface area contributed by atoms with Gasteiger partial charge in [-0.3, -0.25) is 9.59 Å². The van der Waals surface area contributed by atoms with Crippen molar-refractivity contribution in [1.29, 1.82) is 0 Å². The molecule has 2 amide bonds. The maximum absolute atomic E-state index is 13.5. The predicted octanol–water partition coefficient (Wildman–Crippen LogP) is 3.04. The molecule has 2 aromatic carbocycles. The SMILES string of the molecule is CC(C)[C@H](NC(=O)c1ccc(F)cc1)C(=O)OCC(=O)Nc1cc(F)ccc1F. The molecule has 2 N–H and O–H groups in total. The van der Waals surface area contributed by atoms with E-state index < -0.39 is 53.6 Å². The Hall–Kier alpha value is -3.36. The highest BCUT2D eigenvalue weighted by atomic mass is 19.1. The molecular weight excluding hydrogens is 389 g/mol. The molecule has 0 aliphatic heterocycles. The number of esters is 1. The number of hydrogen-bond donors (Lipinski definition) is 2. The van der Waals surface area contributed by atoms with E-state index in [1.807, 2.05) is 0 Å². The van der Waals surface area contributed by atoms with Gasteiger partial charge in [-0.25, -0.2) is 18.0 Å². The van der Waals surface area contributed by atoms with Crippen molar-refractivity contribution in [3.8, 4) is 0 Å². The molecule has 0 aromatic heterocycles. The van der Waals surface area contributed by atoms with Crippen LogP contribution in [0.3, 0.4) is 0 Å². The summed E-state index contributed by atoms with van der Waals surface area (Å²) >= 11 is 0. The summed E-state index contributed by atoms with van der Waals surface area (Å²) in [5.41, 5.74) is -0.250. The van der Waals surface area contributed by atoms with E-state index in [4.69, 9.17) is 4.74 Å². The third kappa shape index (κ3) is 6.34. The third-order valence-corrected chi connectivity index (χ3v) is 3.86. The first kappa shape index (κ1) is 21.9. The molecule has 0 aliphatic rings. The molecule has 0 fully saturated rings. The van der Waals surface area contributed by atoms with Gasteiger partial charge in [0.05, 0.1) is 5.69 Å². The lowest BCUT2D eigenvalue weighted by Crippen LogP contribution is -2.45. The fourth-order valence-corrected chi connectivity index (χ4v) is 2.33. The summed E-state index contributed by atoms with van der Waals surface area (Å²) in [6, 6.07) is 6.17. The van der Waals surface area contributed by atoms with Crippen molar-refractivity contribution in [2.45, 2.75) is 19.9 Å². The summed E-state index contributed by atoms with van der Waals surface area (Å²) in [6.07, 6.45) is 0. The summed E-state index contributed by atoms with van der Waals surface area (Å²) in [5, 5.41) is 4.56. The van der Waals surface area contributed by atoms with E-state index in [-0.39, 0.29) is 11.5 Å². The van der Waals surface area contributed by atoms with E-state index in [1.54, 1.807) is 13.8 Å². The number of rotatable bonds is 7. The van der Waals surface area contributed by atoms with Crippen molar-refractivity contribution in [2.75, 3.05) is 11.9 Å². The second-order valence-electron chi connectivity index (χ2n) is 6.48. The zero-order valence-corrected chi connectivity index (χ0v) is 15.7. The number of ether oxygens (including phenoxy) is 1. The van der Waals surface area contributed by atoms with Crippen molar-refractivity contribution >= 4 is 23.5 Å². The number of carbonyl (C=O) groups excluding carboxylic acids is 3. The van der Waals surface area contributed by atoms with Gasteiger partial charge >= 0.3 is 5.97 Å². The predicted molar refractivity (Wildman–Crippen MR) is 98.4 cm³/mol. The second-order valence-corrected chi connectivity index (χ2v) is 6.48. The molecule has 154 valence electrons. The Kier molecular flexibility index (Phi) is 7.35. The Bertz CT molecular complexity index is 901. The Morgan fingerprint density at radius 3 is 2.21 bits per heavy atom. The van der Waals surface area contributed by atoms with E-state index in [0.29, 0.717) is 0 Å². The molecule has 2 rings (SSSR count). The van der Waals surface area contributed by atoms with Crippen molar-refractivity contribution in [3.05, 3.63) is 65.5 Å². The van der Waals surface area contributed by atoms with Crippen LogP contribution in [0.4, 0.5) is 18.9 Å². The van der Waals surface area contributed by atoms with Gasteiger partial charge in [0.25, 0.3) is 11.8 Å². The van der Waals surface area contributed by atoms with Crippen molar-refractivity contribution in [3.63, 3.8) is 0 Å². The van der Waals surface area contributed by atoms with Gasteiger partial charge in [-0.2, -0.15) is 0 Å². The highest BCUT2D eigenvalue weighted by molar-refractivity contribution is 5.97. The molecule has 1 atom stereocenters. The van der Waals surface area contributed by atoms with Gasteiger partial charge in [0.15, 0.2) is 6.61 Å².